The van der Waals surface area contributed by atoms with Crippen LogP contribution in [0.3, 0.4) is 0 Å². The fraction of sp³-hybridized carbons (Fsp3) is 0.600. The number of methoxy groups -OCH3 is 2. The molecule has 4 nitrogen and oxygen atoms in total. The minimum atomic E-state index is -0.313. The SMILES string of the molecule is COC1=C(OC)C(=O)C(C2(C)CC2/C=C(\C)C(C)(C)C)=C(C)C1=O. The Labute approximate surface area is 144 Å². The molecule has 0 heterocycles. The molecule has 4 heteroatoms. The lowest BCUT2D eigenvalue weighted by atomic mass is 9.81. The minimum Gasteiger partial charge on any atom is -0.489 e. The highest BCUT2D eigenvalue weighted by Crippen LogP contribution is 2.61. The zero-order valence-electron chi connectivity index (χ0n) is 16.0. The third-order valence-corrected chi connectivity index (χ3v) is 5.48. The van der Waals surface area contributed by atoms with E-state index in [4.69, 9.17) is 9.47 Å². The van der Waals surface area contributed by atoms with Crippen molar-refractivity contribution in [2.24, 2.45) is 16.7 Å². The van der Waals surface area contributed by atoms with Crippen molar-refractivity contribution in [1.29, 1.82) is 0 Å². The van der Waals surface area contributed by atoms with Crippen molar-refractivity contribution in [2.45, 2.75) is 48.0 Å². The van der Waals surface area contributed by atoms with Crippen LogP contribution >= 0.6 is 0 Å². The quantitative estimate of drug-likeness (QED) is 0.577. The van der Waals surface area contributed by atoms with Crippen LogP contribution in [0.4, 0.5) is 0 Å². The van der Waals surface area contributed by atoms with Crippen molar-refractivity contribution >= 4 is 11.6 Å². The summed E-state index contributed by atoms with van der Waals surface area (Å²) < 4.78 is 10.3. The van der Waals surface area contributed by atoms with Crippen LogP contribution in [0.15, 0.2) is 34.3 Å². The second kappa shape index (κ2) is 5.91. The van der Waals surface area contributed by atoms with Crippen LogP contribution in [-0.2, 0) is 19.1 Å². The average molecular weight is 332 g/mol. The van der Waals surface area contributed by atoms with E-state index in [1.165, 1.54) is 19.8 Å². The van der Waals surface area contributed by atoms with Gasteiger partial charge >= 0.3 is 0 Å². The predicted molar refractivity (Wildman–Crippen MR) is 93.2 cm³/mol. The van der Waals surface area contributed by atoms with E-state index in [2.05, 4.69) is 40.7 Å². The zero-order chi connectivity index (χ0) is 18.4. The summed E-state index contributed by atoms with van der Waals surface area (Å²) in [4.78, 5) is 25.5. The van der Waals surface area contributed by atoms with Crippen molar-refractivity contribution in [3.8, 4) is 0 Å². The molecule has 1 fully saturated rings. The molecule has 0 aromatic heterocycles. The number of Topliss-reactive ketones (excluding diaryl/α,β-unsaturated/α-hetero) is 2. The molecule has 2 aliphatic carbocycles. The summed E-state index contributed by atoms with van der Waals surface area (Å²) in [6.45, 7) is 12.4. The van der Waals surface area contributed by atoms with E-state index < -0.39 is 0 Å². The van der Waals surface area contributed by atoms with Gasteiger partial charge in [-0.05, 0) is 31.6 Å². The van der Waals surface area contributed by atoms with E-state index in [9.17, 15) is 9.59 Å². The number of ketones is 2. The molecule has 2 aliphatic rings. The largest absolute Gasteiger partial charge is 0.489 e. The van der Waals surface area contributed by atoms with Gasteiger partial charge in [-0.1, -0.05) is 39.3 Å². The van der Waals surface area contributed by atoms with Gasteiger partial charge in [0, 0.05) is 16.6 Å². The Hall–Kier alpha value is -1.84. The maximum Gasteiger partial charge on any atom is 0.228 e. The second-order valence-electron chi connectivity index (χ2n) is 8.05. The van der Waals surface area contributed by atoms with E-state index in [0.717, 1.165) is 6.42 Å². The van der Waals surface area contributed by atoms with Crippen molar-refractivity contribution in [3.05, 3.63) is 34.3 Å². The lowest BCUT2D eigenvalue weighted by Gasteiger charge is -2.25. The van der Waals surface area contributed by atoms with Gasteiger partial charge in [-0.2, -0.15) is 0 Å². The molecule has 0 spiro atoms. The molecule has 2 atom stereocenters. The van der Waals surface area contributed by atoms with Gasteiger partial charge in [-0.3, -0.25) is 9.59 Å². The van der Waals surface area contributed by atoms with Crippen molar-refractivity contribution in [3.63, 3.8) is 0 Å². The number of rotatable bonds is 4. The maximum atomic E-state index is 12.9. The molecule has 132 valence electrons. The first kappa shape index (κ1) is 18.5. The predicted octanol–water partition coefficient (Wildman–Crippen LogP) is 3.98. The van der Waals surface area contributed by atoms with Crippen LogP contribution in [0.25, 0.3) is 0 Å². The summed E-state index contributed by atoms with van der Waals surface area (Å²) in [6.07, 6.45) is 3.12. The van der Waals surface area contributed by atoms with Gasteiger partial charge in [0.05, 0.1) is 14.2 Å². The van der Waals surface area contributed by atoms with Gasteiger partial charge in [0.2, 0.25) is 23.1 Å². The topological polar surface area (TPSA) is 52.6 Å². The highest BCUT2D eigenvalue weighted by Gasteiger charge is 2.56. The van der Waals surface area contributed by atoms with Gasteiger partial charge in [-0.25, -0.2) is 0 Å². The van der Waals surface area contributed by atoms with Crippen molar-refractivity contribution in [1.82, 2.24) is 0 Å². The summed E-state index contributed by atoms with van der Waals surface area (Å²) >= 11 is 0. The van der Waals surface area contributed by atoms with Crippen molar-refractivity contribution < 1.29 is 19.1 Å². The number of ether oxygens (including phenoxy) is 2. The molecule has 0 aliphatic heterocycles. The Morgan fingerprint density at radius 1 is 1.12 bits per heavy atom. The molecule has 0 bridgehead atoms. The number of carbonyl (C=O) groups is 2. The van der Waals surface area contributed by atoms with Crippen LogP contribution in [-0.4, -0.2) is 25.8 Å². The van der Waals surface area contributed by atoms with Crippen LogP contribution in [0.2, 0.25) is 0 Å². The highest BCUT2D eigenvalue weighted by atomic mass is 16.5. The smallest absolute Gasteiger partial charge is 0.228 e. The molecule has 1 saturated carbocycles. The first-order valence-electron chi connectivity index (χ1n) is 8.31. The normalized spacial score (nSPS) is 28.5. The second-order valence-corrected chi connectivity index (χ2v) is 8.05. The molecule has 0 aromatic rings. The average Bonchev–Trinajstić information content (AvgIpc) is 3.12. The van der Waals surface area contributed by atoms with E-state index in [1.54, 1.807) is 6.92 Å². The van der Waals surface area contributed by atoms with Gasteiger partial charge in [0.1, 0.15) is 0 Å². The van der Waals surface area contributed by atoms with Crippen molar-refractivity contribution in [2.75, 3.05) is 14.2 Å². The van der Waals surface area contributed by atoms with Gasteiger partial charge in [0.15, 0.2) is 0 Å². The molecule has 0 amide bonds. The van der Waals surface area contributed by atoms with Crippen LogP contribution in [0, 0.1) is 16.7 Å². The third kappa shape index (κ3) is 2.83. The van der Waals surface area contributed by atoms with Crippen LogP contribution < -0.4 is 0 Å². The van der Waals surface area contributed by atoms with Gasteiger partial charge in [0.25, 0.3) is 0 Å². The van der Waals surface area contributed by atoms with E-state index in [1.807, 2.05) is 0 Å². The monoisotopic (exact) mass is 332 g/mol. The number of allylic oxidation sites excluding steroid dienone is 4. The fourth-order valence-corrected chi connectivity index (χ4v) is 3.31. The Balaban J connectivity index is 2.42. The molecular formula is C20H28O4. The first-order valence-corrected chi connectivity index (χ1v) is 8.31. The molecule has 0 radical (unpaired) electrons. The number of hydrogen-bond acceptors (Lipinski definition) is 4. The first-order chi connectivity index (χ1) is 11.0. The fourth-order valence-electron chi connectivity index (χ4n) is 3.31. The third-order valence-electron chi connectivity index (χ3n) is 5.48. The lowest BCUT2D eigenvalue weighted by Crippen LogP contribution is -2.29. The molecular weight excluding hydrogens is 304 g/mol. The Morgan fingerprint density at radius 3 is 2.08 bits per heavy atom. The van der Waals surface area contributed by atoms with E-state index in [0.29, 0.717) is 11.1 Å². The highest BCUT2D eigenvalue weighted by molar-refractivity contribution is 6.24. The van der Waals surface area contributed by atoms with E-state index >= 15 is 0 Å². The molecule has 0 N–H and O–H groups in total. The Kier molecular flexibility index (Phi) is 4.55. The lowest BCUT2D eigenvalue weighted by molar-refractivity contribution is -0.121. The summed E-state index contributed by atoms with van der Waals surface area (Å²) in [5.74, 6) is -0.191. The minimum absolute atomic E-state index is 0.00552. The molecule has 0 aromatic carbocycles. The standard InChI is InChI=1S/C20H28O4/c1-11(19(3,4)5)9-13-10-20(13,6)14-12(2)15(21)17(23-7)18(24-8)16(14)22/h9,13H,10H2,1-8H3/b11-9+. The summed E-state index contributed by atoms with van der Waals surface area (Å²) in [5, 5.41) is 0. The van der Waals surface area contributed by atoms with Gasteiger partial charge < -0.3 is 9.47 Å². The number of carbonyl (C=O) groups excluding carboxylic acids is 2. The molecule has 0 saturated heterocycles. The summed E-state index contributed by atoms with van der Waals surface area (Å²) in [5.41, 5.74) is 2.13. The Morgan fingerprint density at radius 2 is 1.62 bits per heavy atom. The summed E-state index contributed by atoms with van der Waals surface area (Å²) in [6, 6.07) is 0. The van der Waals surface area contributed by atoms with Crippen LogP contribution in [0.5, 0.6) is 0 Å². The van der Waals surface area contributed by atoms with Gasteiger partial charge in [-0.15, -0.1) is 0 Å². The molecule has 2 unspecified atom stereocenters. The number of hydrogen-bond donors (Lipinski definition) is 0. The zero-order valence-corrected chi connectivity index (χ0v) is 16.0. The summed E-state index contributed by atoms with van der Waals surface area (Å²) in [7, 11) is 2.78. The van der Waals surface area contributed by atoms with Crippen LogP contribution in [0.1, 0.15) is 48.0 Å². The van der Waals surface area contributed by atoms with E-state index in [-0.39, 0.29) is 39.8 Å². The molecule has 2 rings (SSSR count). The maximum absolute atomic E-state index is 12.9. The Bertz CT molecular complexity index is 685. The molecule has 24 heavy (non-hydrogen) atoms.